The van der Waals surface area contributed by atoms with E-state index in [0.717, 1.165) is 6.07 Å². The van der Waals surface area contributed by atoms with Crippen LogP contribution in [0, 0.1) is 5.82 Å². The molecule has 2 aromatic carbocycles. The number of benzene rings is 2. The second-order valence-electron chi connectivity index (χ2n) is 8.08. The first kappa shape index (κ1) is 23.4. The first-order valence-electron chi connectivity index (χ1n) is 13.1. The van der Waals surface area contributed by atoms with Gasteiger partial charge in [0.2, 0.25) is 0 Å². The summed E-state index contributed by atoms with van der Waals surface area (Å²) in [6.07, 6.45) is -2.32. The lowest BCUT2D eigenvalue weighted by atomic mass is 10.0. The van der Waals surface area contributed by atoms with Crippen molar-refractivity contribution in [2.45, 2.75) is 32.7 Å². The van der Waals surface area contributed by atoms with Crippen LogP contribution >= 0.6 is 0 Å². The van der Waals surface area contributed by atoms with Crippen LogP contribution in [0.15, 0.2) is 54.9 Å². The van der Waals surface area contributed by atoms with Crippen LogP contribution in [0.5, 0.6) is 11.5 Å². The van der Waals surface area contributed by atoms with Crippen LogP contribution in [0.2, 0.25) is 0 Å². The molecule has 3 atom stereocenters. The first-order chi connectivity index (χ1) is 19.8. The number of hydrogen-bond donors (Lipinski definition) is 2. The largest absolute Gasteiger partial charge is 0.573 e. The van der Waals surface area contributed by atoms with E-state index in [4.69, 9.17) is 14.6 Å². The molecule has 0 radical (unpaired) electrons. The van der Waals surface area contributed by atoms with Gasteiger partial charge in [-0.3, -0.25) is 19.3 Å². The summed E-state index contributed by atoms with van der Waals surface area (Å²) in [4.78, 5) is 28.5. The number of aryl methyl sites for hydroxylation is 1. The molecule has 9 nitrogen and oxygen atoms in total. The molecule has 2 amide bonds. The fraction of sp³-hybridized carbons (Fsp3) is 0.231. The van der Waals surface area contributed by atoms with Crippen molar-refractivity contribution >= 4 is 22.7 Å². The average molecular weight is 549 g/mol. The first-order valence-corrected chi connectivity index (χ1v) is 11.2. The zero-order valence-corrected chi connectivity index (χ0v) is 20.2. The Morgan fingerprint density at radius 2 is 1.95 bits per heavy atom. The van der Waals surface area contributed by atoms with E-state index in [2.05, 4.69) is 20.1 Å². The Kier molecular flexibility index (Phi) is 6.59. The van der Waals surface area contributed by atoms with Gasteiger partial charge in [-0.05, 0) is 55.8 Å². The highest BCUT2D eigenvalue weighted by molar-refractivity contribution is 6.04. The minimum Gasteiger partial charge on any atom is -0.482 e. The highest BCUT2D eigenvalue weighted by Crippen LogP contribution is 2.29. The molecule has 204 valence electrons. The Labute approximate surface area is 223 Å². The van der Waals surface area contributed by atoms with Crippen molar-refractivity contribution in [3.63, 3.8) is 0 Å². The van der Waals surface area contributed by atoms with Crippen LogP contribution < -0.4 is 20.5 Å². The number of primary amides is 1. The van der Waals surface area contributed by atoms with E-state index in [1.807, 2.05) is 0 Å². The third-order valence-corrected chi connectivity index (χ3v) is 5.43. The highest BCUT2D eigenvalue weighted by Gasteiger charge is 2.31. The average Bonchev–Trinajstić information content (AvgIpc) is 3.32. The maximum Gasteiger partial charge on any atom is 0.573 e. The molecular formula is C26H23F4N5O4. The summed E-state index contributed by atoms with van der Waals surface area (Å²) in [5, 5.41) is 6.80. The van der Waals surface area contributed by atoms with Crippen LogP contribution in [0.25, 0.3) is 22.0 Å². The summed E-state index contributed by atoms with van der Waals surface area (Å²) < 4.78 is 86.3. The highest BCUT2D eigenvalue weighted by atomic mass is 19.4. The monoisotopic (exact) mass is 548 g/mol. The van der Waals surface area contributed by atoms with E-state index in [-0.39, 0.29) is 11.4 Å². The Morgan fingerprint density at radius 1 is 1.15 bits per heavy atom. The minimum absolute atomic E-state index is 0.00267. The molecule has 0 aliphatic heterocycles. The number of nitrogens with two attached hydrogens (primary N) is 1. The van der Waals surface area contributed by atoms with E-state index in [9.17, 15) is 27.2 Å². The van der Waals surface area contributed by atoms with Gasteiger partial charge < -0.3 is 20.5 Å². The number of amides is 2. The number of pyridine rings is 1. The smallest absolute Gasteiger partial charge is 0.482 e. The molecule has 0 aliphatic rings. The molecule has 0 aliphatic carbocycles. The summed E-state index contributed by atoms with van der Waals surface area (Å²) in [6, 6.07) is 7.17. The Hall–Kier alpha value is -4.68. The summed E-state index contributed by atoms with van der Waals surface area (Å²) in [7, 11) is 0. The molecule has 0 spiro atoms. The van der Waals surface area contributed by atoms with Gasteiger partial charge in [-0.15, -0.1) is 13.2 Å². The van der Waals surface area contributed by atoms with Crippen LogP contribution in [0.4, 0.5) is 17.6 Å². The molecule has 4 rings (SSSR count). The lowest BCUT2D eigenvalue weighted by molar-refractivity contribution is -0.274. The number of carbonyl (C=O) groups excluding carboxylic acids is 2. The maximum absolute atomic E-state index is 14.4. The fourth-order valence-electron chi connectivity index (χ4n) is 3.73. The third-order valence-electron chi connectivity index (χ3n) is 5.43. The predicted molar refractivity (Wildman–Crippen MR) is 132 cm³/mol. The van der Waals surface area contributed by atoms with Gasteiger partial charge in [0.05, 0.1) is 20.5 Å². The van der Waals surface area contributed by atoms with E-state index in [1.165, 1.54) is 23.1 Å². The number of alkyl halides is 3. The van der Waals surface area contributed by atoms with Gasteiger partial charge in [0.15, 0.2) is 12.3 Å². The fourth-order valence-corrected chi connectivity index (χ4v) is 3.73. The number of halogens is 4. The minimum atomic E-state index is -5.03. The van der Waals surface area contributed by atoms with Gasteiger partial charge in [-0.1, -0.05) is 6.07 Å². The molecule has 2 unspecified atom stereocenters. The quantitative estimate of drug-likeness (QED) is 0.297. The van der Waals surface area contributed by atoms with Crippen molar-refractivity contribution < 1.29 is 40.7 Å². The van der Waals surface area contributed by atoms with Gasteiger partial charge >= 0.3 is 6.36 Å². The molecule has 2 heterocycles. The summed E-state index contributed by atoms with van der Waals surface area (Å²) in [5.74, 6) is -3.56. The molecular weight excluding hydrogens is 522 g/mol. The van der Waals surface area contributed by atoms with Gasteiger partial charge in [0, 0.05) is 30.6 Å². The number of rotatable bonds is 9. The molecule has 13 heteroatoms. The maximum atomic E-state index is 14.4. The topological polar surface area (TPSA) is 121 Å². The molecule has 2 aromatic heterocycles. The molecule has 0 saturated carbocycles. The van der Waals surface area contributed by atoms with Gasteiger partial charge in [-0.2, -0.15) is 5.10 Å². The van der Waals surface area contributed by atoms with Crippen molar-refractivity contribution in [3.8, 4) is 22.6 Å². The van der Waals surface area contributed by atoms with Crippen LogP contribution in [-0.4, -0.2) is 39.5 Å². The number of hydrogen-bond acceptors (Lipinski definition) is 6. The lowest BCUT2D eigenvalue weighted by Crippen LogP contribution is -2.31. The number of nitrogens with zero attached hydrogens (tertiary/aromatic N) is 3. The second kappa shape index (κ2) is 11.0. The zero-order valence-electron chi connectivity index (χ0n) is 23.2. The van der Waals surface area contributed by atoms with Gasteiger partial charge in [-0.25, -0.2) is 4.39 Å². The Bertz CT molecular complexity index is 1630. The Balaban J connectivity index is 1.52. The number of carbonyl (C=O) groups is 2. The molecule has 39 heavy (non-hydrogen) atoms. The third kappa shape index (κ3) is 6.43. The molecule has 3 N–H and O–H groups in total. The zero-order chi connectivity index (χ0) is 30.8. The standard InChI is InChI=1S/C26H23F4N5O4/c1-3-35-22-9-15(4-6-19(22)24(34-35)25(31)37)16-8-18(12-32-11-16)38-13-23(36)33-14(2)20-10-17(5-7-21(20)27)39-26(28,29)30/h4-12,14H,3,13H2,1-2H3,(H2,31,37)(H,33,36)/t14-/m0/s1/i2D,3D,13D/t3?,13?,14-. The summed E-state index contributed by atoms with van der Waals surface area (Å²) in [5.41, 5.74) is 6.52. The van der Waals surface area contributed by atoms with E-state index < -0.39 is 61.4 Å². The lowest BCUT2D eigenvalue weighted by Gasteiger charge is -2.17. The Morgan fingerprint density at radius 3 is 2.64 bits per heavy atom. The van der Waals surface area contributed by atoms with Crippen LogP contribution in [-0.2, 0) is 11.3 Å². The predicted octanol–water partition coefficient (Wildman–Crippen LogP) is 4.51. The van der Waals surface area contributed by atoms with Crippen LogP contribution in [0.1, 0.15) is 40.0 Å². The molecule has 0 fully saturated rings. The number of ether oxygens (including phenoxy) is 2. The molecule has 0 bridgehead atoms. The van der Waals surface area contributed by atoms with Crippen molar-refractivity contribution in [2.75, 3.05) is 6.58 Å². The van der Waals surface area contributed by atoms with Gasteiger partial charge in [0.1, 0.15) is 17.3 Å². The number of nitrogens with one attached hydrogen (secondary N) is 1. The van der Waals surface area contributed by atoms with Crippen molar-refractivity contribution in [1.82, 2.24) is 20.1 Å². The van der Waals surface area contributed by atoms with Crippen molar-refractivity contribution in [3.05, 3.63) is 71.9 Å². The normalized spacial score (nSPS) is 14.9. The van der Waals surface area contributed by atoms with Gasteiger partial charge in [0.25, 0.3) is 11.8 Å². The number of fused-ring (bicyclic) bond motifs is 1. The van der Waals surface area contributed by atoms with E-state index in [1.54, 1.807) is 25.1 Å². The SMILES string of the molecule is [2H]C[C@H](NC(=O)C([2H])Oc1cncc(-c2ccc3c(C(N)=O)nn(C([2H])C)c3c2)c1)c1cc(OC(F)(F)F)ccc1F. The van der Waals surface area contributed by atoms with E-state index in [0.29, 0.717) is 34.2 Å². The number of aromatic nitrogens is 3. The molecule has 4 aromatic rings. The summed E-state index contributed by atoms with van der Waals surface area (Å²) in [6.45, 7) is -1.84. The molecule has 0 saturated heterocycles. The second-order valence-corrected chi connectivity index (χ2v) is 8.08. The van der Waals surface area contributed by atoms with Crippen LogP contribution in [0.3, 0.4) is 0 Å². The van der Waals surface area contributed by atoms with Crippen molar-refractivity contribution in [1.29, 1.82) is 0 Å². The van der Waals surface area contributed by atoms with E-state index >= 15 is 0 Å². The summed E-state index contributed by atoms with van der Waals surface area (Å²) >= 11 is 0. The van der Waals surface area contributed by atoms with Crippen molar-refractivity contribution in [2.24, 2.45) is 5.73 Å².